The first-order chi connectivity index (χ1) is 12.0. The van der Waals surface area contributed by atoms with E-state index in [1.54, 1.807) is 27.7 Å². The molecule has 3 aromatic rings. The summed E-state index contributed by atoms with van der Waals surface area (Å²) < 4.78 is 3.34. The Hall–Kier alpha value is -2.96. The lowest BCUT2D eigenvalue weighted by atomic mass is 10.2. The summed E-state index contributed by atoms with van der Waals surface area (Å²) in [4.78, 5) is 28.7. The fraction of sp³-hybridized carbons (Fsp3) is 0.333. The second-order valence-electron chi connectivity index (χ2n) is 6.21. The van der Waals surface area contributed by atoms with Crippen LogP contribution in [0.2, 0.25) is 0 Å². The Morgan fingerprint density at radius 1 is 1.28 bits per heavy atom. The predicted molar refractivity (Wildman–Crippen MR) is 96.5 cm³/mol. The number of rotatable bonds is 6. The molecule has 130 valence electrons. The van der Waals surface area contributed by atoms with Crippen LogP contribution in [0.5, 0.6) is 0 Å². The number of aromatic nitrogens is 4. The Labute approximate surface area is 145 Å². The molecule has 1 N–H and O–H groups in total. The fourth-order valence-corrected chi connectivity index (χ4v) is 2.58. The first-order valence-corrected chi connectivity index (χ1v) is 8.33. The second-order valence-corrected chi connectivity index (χ2v) is 6.21. The molecule has 0 saturated heterocycles. The Bertz CT molecular complexity index is 942. The minimum absolute atomic E-state index is 0.0794. The summed E-state index contributed by atoms with van der Waals surface area (Å²) in [6, 6.07) is 7.50. The van der Waals surface area contributed by atoms with Crippen molar-refractivity contribution >= 4 is 22.5 Å². The molecular weight excluding hydrogens is 318 g/mol. The minimum atomic E-state index is -0.0925. The summed E-state index contributed by atoms with van der Waals surface area (Å²) in [7, 11) is 0. The van der Waals surface area contributed by atoms with Gasteiger partial charge < -0.3 is 5.32 Å². The average molecular weight is 339 g/mol. The van der Waals surface area contributed by atoms with Gasteiger partial charge in [0.05, 0.1) is 29.1 Å². The van der Waals surface area contributed by atoms with Crippen LogP contribution >= 0.6 is 0 Å². The number of amides is 1. The molecule has 1 aromatic carbocycles. The van der Waals surface area contributed by atoms with Gasteiger partial charge in [0.15, 0.2) is 0 Å². The Morgan fingerprint density at radius 3 is 2.84 bits per heavy atom. The van der Waals surface area contributed by atoms with E-state index in [0.717, 1.165) is 0 Å². The first-order valence-electron chi connectivity index (χ1n) is 8.33. The molecule has 2 heterocycles. The Kier molecular flexibility index (Phi) is 4.92. The molecule has 0 bridgehead atoms. The van der Waals surface area contributed by atoms with Gasteiger partial charge in [-0.2, -0.15) is 5.10 Å². The van der Waals surface area contributed by atoms with E-state index in [1.807, 2.05) is 32.0 Å². The largest absolute Gasteiger partial charge is 0.323 e. The topological polar surface area (TPSA) is 81.8 Å². The lowest BCUT2D eigenvalue weighted by molar-refractivity contribution is -0.116. The van der Waals surface area contributed by atoms with Crippen LogP contribution in [-0.2, 0) is 11.3 Å². The van der Waals surface area contributed by atoms with Crippen molar-refractivity contribution < 1.29 is 4.79 Å². The molecule has 0 spiro atoms. The van der Waals surface area contributed by atoms with Crippen LogP contribution in [0.3, 0.4) is 0 Å². The number of carbonyl (C=O) groups excluding carboxylic acids is 1. The normalized spacial score (nSPS) is 11.2. The highest BCUT2D eigenvalue weighted by molar-refractivity contribution is 5.90. The van der Waals surface area contributed by atoms with E-state index in [-0.39, 0.29) is 17.5 Å². The summed E-state index contributed by atoms with van der Waals surface area (Å²) in [6.07, 6.45) is 5.86. The quantitative estimate of drug-likeness (QED) is 0.748. The van der Waals surface area contributed by atoms with Crippen LogP contribution < -0.4 is 10.9 Å². The van der Waals surface area contributed by atoms with E-state index in [2.05, 4.69) is 15.4 Å². The molecule has 7 nitrogen and oxygen atoms in total. The highest BCUT2D eigenvalue weighted by Gasteiger charge is 2.07. The SMILES string of the molecule is CC(C)n1cc(NC(=O)CCCn2cnc3ccccc3c2=O)cn1. The number of benzene rings is 1. The molecule has 0 fully saturated rings. The zero-order valence-electron chi connectivity index (χ0n) is 14.3. The zero-order valence-corrected chi connectivity index (χ0v) is 14.3. The van der Waals surface area contributed by atoms with Crippen molar-refractivity contribution in [2.45, 2.75) is 39.3 Å². The van der Waals surface area contributed by atoms with Gasteiger partial charge in [-0.05, 0) is 32.4 Å². The van der Waals surface area contributed by atoms with Crippen molar-refractivity contribution in [1.82, 2.24) is 19.3 Å². The van der Waals surface area contributed by atoms with Gasteiger partial charge in [0.2, 0.25) is 5.91 Å². The number of aryl methyl sites for hydroxylation is 1. The maximum Gasteiger partial charge on any atom is 0.261 e. The van der Waals surface area contributed by atoms with Gasteiger partial charge in [0.1, 0.15) is 0 Å². The molecule has 25 heavy (non-hydrogen) atoms. The van der Waals surface area contributed by atoms with Gasteiger partial charge in [-0.1, -0.05) is 12.1 Å². The van der Waals surface area contributed by atoms with Gasteiger partial charge in [-0.3, -0.25) is 18.8 Å². The number of fused-ring (bicyclic) bond motifs is 1. The number of carbonyl (C=O) groups is 1. The number of nitrogens with one attached hydrogen (secondary N) is 1. The van der Waals surface area contributed by atoms with E-state index < -0.39 is 0 Å². The van der Waals surface area contributed by atoms with Gasteiger partial charge in [-0.25, -0.2) is 4.98 Å². The average Bonchev–Trinajstić information content (AvgIpc) is 3.06. The zero-order chi connectivity index (χ0) is 17.8. The van der Waals surface area contributed by atoms with Crippen molar-refractivity contribution in [2.75, 3.05) is 5.32 Å². The van der Waals surface area contributed by atoms with Gasteiger partial charge in [0, 0.05) is 25.2 Å². The minimum Gasteiger partial charge on any atom is -0.323 e. The second kappa shape index (κ2) is 7.29. The molecule has 0 radical (unpaired) electrons. The number of hydrogen-bond acceptors (Lipinski definition) is 4. The lowest BCUT2D eigenvalue weighted by Crippen LogP contribution is -2.21. The molecule has 7 heteroatoms. The van der Waals surface area contributed by atoms with E-state index in [1.165, 1.54) is 6.33 Å². The third-order valence-corrected chi connectivity index (χ3v) is 3.95. The smallest absolute Gasteiger partial charge is 0.261 e. The van der Waals surface area contributed by atoms with E-state index >= 15 is 0 Å². The Morgan fingerprint density at radius 2 is 2.08 bits per heavy atom. The van der Waals surface area contributed by atoms with Crippen LogP contribution in [0.25, 0.3) is 10.9 Å². The maximum atomic E-state index is 12.4. The third kappa shape index (κ3) is 3.93. The van der Waals surface area contributed by atoms with Gasteiger partial charge in [0.25, 0.3) is 5.56 Å². The van der Waals surface area contributed by atoms with Crippen LogP contribution in [0.1, 0.15) is 32.7 Å². The molecule has 0 aliphatic carbocycles. The lowest BCUT2D eigenvalue weighted by Gasteiger charge is -2.07. The van der Waals surface area contributed by atoms with Crippen molar-refractivity contribution in [1.29, 1.82) is 0 Å². The van der Waals surface area contributed by atoms with Crippen LogP contribution in [0, 0.1) is 0 Å². The standard InChI is InChI=1S/C18H21N5O2/c1-13(2)23-11-14(10-20-23)21-17(24)8-5-9-22-12-19-16-7-4-3-6-15(16)18(22)25/h3-4,6-7,10-13H,5,8-9H2,1-2H3,(H,21,24). The van der Waals surface area contributed by atoms with Crippen molar-refractivity contribution in [2.24, 2.45) is 0 Å². The number of hydrogen-bond donors (Lipinski definition) is 1. The molecule has 1 amide bonds. The summed E-state index contributed by atoms with van der Waals surface area (Å²) in [5.41, 5.74) is 1.29. The third-order valence-electron chi connectivity index (χ3n) is 3.95. The maximum absolute atomic E-state index is 12.4. The first kappa shape index (κ1) is 16.9. The van der Waals surface area contributed by atoms with E-state index in [0.29, 0.717) is 36.0 Å². The number of nitrogens with zero attached hydrogens (tertiary/aromatic N) is 4. The monoisotopic (exact) mass is 339 g/mol. The molecular formula is C18H21N5O2. The van der Waals surface area contributed by atoms with Crippen LogP contribution in [-0.4, -0.2) is 25.2 Å². The Balaban J connectivity index is 1.56. The molecule has 0 aliphatic heterocycles. The molecule has 0 aliphatic rings. The van der Waals surface area contributed by atoms with Gasteiger partial charge >= 0.3 is 0 Å². The van der Waals surface area contributed by atoms with Crippen LogP contribution in [0.15, 0.2) is 47.8 Å². The molecule has 0 unspecified atom stereocenters. The molecule has 0 saturated carbocycles. The molecule has 0 atom stereocenters. The molecule has 2 aromatic heterocycles. The van der Waals surface area contributed by atoms with Crippen molar-refractivity contribution in [3.63, 3.8) is 0 Å². The number of para-hydroxylation sites is 1. The van der Waals surface area contributed by atoms with E-state index in [9.17, 15) is 9.59 Å². The highest BCUT2D eigenvalue weighted by atomic mass is 16.1. The van der Waals surface area contributed by atoms with Crippen LogP contribution in [0.4, 0.5) is 5.69 Å². The highest BCUT2D eigenvalue weighted by Crippen LogP contribution is 2.11. The summed E-state index contributed by atoms with van der Waals surface area (Å²) >= 11 is 0. The van der Waals surface area contributed by atoms with Gasteiger partial charge in [-0.15, -0.1) is 0 Å². The number of anilines is 1. The van der Waals surface area contributed by atoms with E-state index in [4.69, 9.17) is 0 Å². The summed E-state index contributed by atoms with van der Waals surface area (Å²) in [6.45, 7) is 4.50. The van der Waals surface area contributed by atoms with Crippen molar-refractivity contribution in [3.05, 3.63) is 53.3 Å². The fourth-order valence-electron chi connectivity index (χ4n) is 2.58. The molecule has 3 rings (SSSR count). The van der Waals surface area contributed by atoms with Crippen molar-refractivity contribution in [3.8, 4) is 0 Å². The predicted octanol–water partition coefficient (Wildman–Crippen LogP) is 2.59. The summed E-state index contributed by atoms with van der Waals surface area (Å²) in [5.74, 6) is -0.0925. The summed E-state index contributed by atoms with van der Waals surface area (Å²) in [5, 5.41) is 7.60.